The van der Waals surface area contributed by atoms with Gasteiger partial charge in [0, 0.05) is 97.5 Å². The number of unbranched alkanes of at least 4 members (excludes halogenated alkanes) is 1. The molecule has 10 heterocycles. The molecule has 10 rings (SSSR count). The van der Waals surface area contributed by atoms with Gasteiger partial charge in [-0.25, -0.2) is 0 Å². The highest BCUT2D eigenvalue weighted by atomic mass is 32.1. The minimum Gasteiger partial charge on any atom is -0.145 e. The summed E-state index contributed by atoms with van der Waals surface area (Å²) < 4.78 is 0. The summed E-state index contributed by atoms with van der Waals surface area (Å²) in [5.41, 5.74) is 30.8. The molecule has 0 aliphatic heterocycles. The van der Waals surface area contributed by atoms with Crippen molar-refractivity contribution in [2.45, 2.75) is 401 Å². The van der Waals surface area contributed by atoms with Crippen molar-refractivity contribution in [3.63, 3.8) is 0 Å². The van der Waals surface area contributed by atoms with E-state index in [1.54, 1.807) is 38.9 Å². The summed E-state index contributed by atoms with van der Waals surface area (Å²) in [5, 5.41) is 0. The molecule has 0 fully saturated rings. The highest BCUT2D eigenvalue weighted by Gasteiger charge is 2.22. The van der Waals surface area contributed by atoms with Crippen LogP contribution in [0.5, 0.6) is 0 Å². The lowest BCUT2D eigenvalue weighted by atomic mass is 9.84. The highest BCUT2D eigenvalue weighted by Crippen LogP contribution is 2.38. The lowest BCUT2D eigenvalue weighted by Crippen LogP contribution is -2.12. The molecule has 0 spiro atoms. The van der Waals surface area contributed by atoms with Crippen LogP contribution >= 0.6 is 113 Å². The molecule has 0 radical (unpaired) electrons. The Hall–Kier alpha value is -3.00. The maximum absolute atomic E-state index is 2.39. The van der Waals surface area contributed by atoms with Crippen molar-refractivity contribution in [1.29, 1.82) is 0 Å². The summed E-state index contributed by atoms with van der Waals surface area (Å²) in [6, 6.07) is 0. The molecular weight excluding hydrogens is 1560 g/mol. The SMILES string of the molecule is CCC(C)Cc1c(C)sc(C)c1C.CCC(C)c1c(C)sc(C)c1C.CCCCC(C)Cc1c(C)sc(C)c1C.Cc1sc(C)c(C(C)(C)C)c1C.Cc1sc(C)c(C)c1C.Cc1sc(C)c(C)c1C.Cc1sc(C)c(C)c1C.Cc1sc(C)c(C)c1C.Cc1sc(C)c(CC(C)C)c1C.Cc1sc(C)c(CCC(C)C)c1C. The van der Waals surface area contributed by atoms with Crippen LogP contribution < -0.4 is 0 Å². The first-order valence-electron chi connectivity index (χ1n) is 42.6. The summed E-state index contributed by atoms with van der Waals surface area (Å²) in [7, 11) is 0. The van der Waals surface area contributed by atoms with Gasteiger partial charge in [-0.3, -0.25) is 0 Å². The van der Waals surface area contributed by atoms with Gasteiger partial charge in [-0.05, 0) is 420 Å². The van der Waals surface area contributed by atoms with Crippen LogP contribution in [0.4, 0.5) is 0 Å². The van der Waals surface area contributed by atoms with Crippen LogP contribution in [0.15, 0.2) is 0 Å². The first kappa shape index (κ1) is 108. The summed E-state index contributed by atoms with van der Waals surface area (Å²) in [6.07, 6.45) is 13.0. The second-order valence-electron chi connectivity index (χ2n) is 34.9. The molecule has 0 nitrogen and oxygen atoms in total. The molecule has 0 bridgehead atoms. The summed E-state index contributed by atoms with van der Waals surface area (Å²) in [5.74, 6) is 3.99. The average molecular weight is 1730 g/mol. The van der Waals surface area contributed by atoms with Gasteiger partial charge < -0.3 is 0 Å². The molecule has 10 aromatic heterocycles. The van der Waals surface area contributed by atoms with Crippen LogP contribution in [-0.4, -0.2) is 0 Å². The van der Waals surface area contributed by atoms with E-state index >= 15 is 0 Å². The molecule has 3 unspecified atom stereocenters. The summed E-state index contributed by atoms with van der Waals surface area (Å²) in [6.45, 7) is 105. The summed E-state index contributed by atoms with van der Waals surface area (Å²) >= 11 is 19.2. The fourth-order valence-corrected chi connectivity index (χ4v) is 25.4. The predicted octanol–water partition coefficient (Wildman–Crippen LogP) is 37.5. The van der Waals surface area contributed by atoms with E-state index in [4.69, 9.17) is 0 Å². The molecule has 113 heavy (non-hydrogen) atoms. The van der Waals surface area contributed by atoms with Crippen molar-refractivity contribution in [1.82, 2.24) is 0 Å². The molecule has 0 aromatic carbocycles. The largest absolute Gasteiger partial charge is 0.145 e. The lowest BCUT2D eigenvalue weighted by Gasteiger charge is -2.20. The molecule has 0 amide bonds. The van der Waals surface area contributed by atoms with E-state index in [-0.39, 0.29) is 0 Å². The number of hydrogen-bond acceptors (Lipinski definition) is 10. The van der Waals surface area contributed by atoms with Crippen molar-refractivity contribution in [2.75, 3.05) is 0 Å². The fraction of sp³-hybridized carbons (Fsp3) is 0.612. The number of rotatable bonds is 15. The van der Waals surface area contributed by atoms with Crippen LogP contribution in [-0.2, 0) is 31.1 Å². The van der Waals surface area contributed by atoms with E-state index in [0.717, 1.165) is 29.6 Å². The van der Waals surface area contributed by atoms with Crippen LogP contribution in [0.25, 0.3) is 0 Å². The molecule has 0 saturated carbocycles. The standard InChI is InChI=1S/C14H24S.2C12H20S.3C11H18S.4C8H12S/c1-6-7-8-10(2)9-14-11(3)12(4)15-13(14)5;1-8(2)6-7-12-9(3)10(4)13-11(12)5;1-6-8(2)7-12-9(3)10(4)13-11(12)5;1-7-8(2)12-9(3)10(7)11(4,5)6;1-7(2)6-11-8(3)9(4)12-10(11)5;1-6-7(2)11-8(3)9(4)12-10(11)5;4*1-5-6(2)8(4)9-7(5)3/h10H,6-9H2,1-5H3;2*8H,6-7H2,1-5H3;1-6H3;2*7H,6H2,1-5H3;4*1-4H3. The number of aryl methyl sites for hydroxylation is 20. The minimum atomic E-state index is 0.304. The van der Waals surface area contributed by atoms with Crippen LogP contribution in [0.1, 0.15) is 343 Å². The monoisotopic (exact) mass is 1720 g/mol. The van der Waals surface area contributed by atoms with Gasteiger partial charge in [-0.1, -0.05) is 116 Å². The van der Waals surface area contributed by atoms with Gasteiger partial charge in [0.25, 0.3) is 0 Å². The van der Waals surface area contributed by atoms with E-state index in [0.29, 0.717) is 5.41 Å². The Morgan fingerprint density at radius 1 is 0.230 bits per heavy atom. The van der Waals surface area contributed by atoms with Crippen molar-refractivity contribution in [3.05, 3.63) is 209 Å². The van der Waals surface area contributed by atoms with Crippen LogP contribution in [0, 0.1) is 259 Å². The number of thiophene rings is 10. The van der Waals surface area contributed by atoms with Gasteiger partial charge in [0.05, 0.1) is 0 Å². The molecule has 3 atom stereocenters. The predicted molar refractivity (Wildman–Crippen MR) is 539 cm³/mol. The van der Waals surface area contributed by atoms with Crippen molar-refractivity contribution >= 4 is 113 Å². The maximum atomic E-state index is 2.39. The first-order valence-corrected chi connectivity index (χ1v) is 50.7. The van der Waals surface area contributed by atoms with Crippen LogP contribution in [0.2, 0.25) is 0 Å². The van der Waals surface area contributed by atoms with E-state index in [1.165, 1.54) is 234 Å². The molecule has 10 aromatic rings. The van der Waals surface area contributed by atoms with Gasteiger partial charge in [0.1, 0.15) is 0 Å². The Labute approximate surface area is 739 Å². The van der Waals surface area contributed by atoms with E-state index in [2.05, 4.69) is 325 Å². The maximum Gasteiger partial charge on any atom is 0.00571 e. The molecule has 0 aliphatic rings. The zero-order valence-electron chi connectivity index (χ0n) is 81.5. The molecule has 0 N–H and O–H groups in total. The zero-order valence-corrected chi connectivity index (χ0v) is 89.7. The Morgan fingerprint density at radius 2 is 0.478 bits per heavy atom. The Kier molecular flexibility index (Phi) is 48.7. The quantitative estimate of drug-likeness (QED) is 0.0960. The minimum absolute atomic E-state index is 0.304. The van der Waals surface area contributed by atoms with E-state index in [9.17, 15) is 0 Å². The summed E-state index contributed by atoms with van der Waals surface area (Å²) in [4.78, 5) is 29.7. The van der Waals surface area contributed by atoms with Gasteiger partial charge in [-0.2, -0.15) is 0 Å². The normalized spacial score (nSPS) is 11.7. The topological polar surface area (TPSA) is 0 Å². The fourth-order valence-electron chi connectivity index (χ4n) is 14.2. The van der Waals surface area contributed by atoms with E-state index in [1.807, 2.05) is 113 Å². The Morgan fingerprint density at radius 3 is 0.673 bits per heavy atom. The van der Waals surface area contributed by atoms with Gasteiger partial charge in [-0.15, -0.1) is 113 Å². The molecule has 10 heteroatoms. The molecule has 0 saturated heterocycles. The Balaban J connectivity index is 0.000000630. The van der Waals surface area contributed by atoms with Crippen molar-refractivity contribution < 1.29 is 0 Å². The average Bonchev–Trinajstić information content (AvgIpc) is 1.67. The Bertz CT molecular complexity index is 4160. The van der Waals surface area contributed by atoms with E-state index < -0.39 is 0 Å². The number of hydrogen-bond donors (Lipinski definition) is 0. The molecule has 0 aliphatic carbocycles. The highest BCUT2D eigenvalue weighted by molar-refractivity contribution is 7.14. The second-order valence-corrected chi connectivity index (χ2v) is 49.1. The van der Waals surface area contributed by atoms with Gasteiger partial charge in [0.15, 0.2) is 0 Å². The van der Waals surface area contributed by atoms with Crippen LogP contribution in [0.3, 0.4) is 0 Å². The zero-order chi connectivity index (χ0) is 87.6. The second kappa shape index (κ2) is 50.9. The lowest BCUT2D eigenvalue weighted by molar-refractivity contribution is 0.502. The van der Waals surface area contributed by atoms with Gasteiger partial charge >= 0.3 is 0 Å². The smallest absolute Gasteiger partial charge is 0.00571 e. The van der Waals surface area contributed by atoms with Crippen molar-refractivity contribution in [2.24, 2.45) is 23.7 Å². The third kappa shape index (κ3) is 33.9. The van der Waals surface area contributed by atoms with Crippen molar-refractivity contribution in [3.8, 4) is 0 Å². The van der Waals surface area contributed by atoms with Gasteiger partial charge in [0.2, 0.25) is 0 Å². The molecule has 638 valence electrons. The third-order valence-corrected chi connectivity index (χ3v) is 35.8. The third-order valence-electron chi connectivity index (χ3n) is 24.0. The molecular formula is C103H166S10. The first-order chi connectivity index (χ1) is 52.1.